The predicted octanol–water partition coefficient (Wildman–Crippen LogP) is 3.31. The topological polar surface area (TPSA) is 32.3 Å². The second-order valence-corrected chi connectivity index (χ2v) is 6.32. The van der Waals surface area contributed by atoms with Gasteiger partial charge in [0.15, 0.2) is 0 Å². The number of hydrogen-bond donors (Lipinski definition) is 1. The van der Waals surface area contributed by atoms with Gasteiger partial charge in [-0.2, -0.15) is 0 Å². The smallest absolute Gasteiger partial charge is 0.234 e. The Morgan fingerprint density at radius 1 is 1.22 bits per heavy atom. The van der Waals surface area contributed by atoms with Crippen LogP contribution in [0.5, 0.6) is 0 Å². The highest BCUT2D eigenvalue weighted by Crippen LogP contribution is 2.19. The summed E-state index contributed by atoms with van der Waals surface area (Å²) in [7, 11) is 1.94. The Kier molecular flexibility index (Phi) is 7.27. The summed E-state index contributed by atoms with van der Waals surface area (Å²) in [5, 5.41) is 3.00. The molecule has 1 amide bonds. The van der Waals surface area contributed by atoms with Gasteiger partial charge in [-0.1, -0.05) is 23.8 Å². The fourth-order valence-electron chi connectivity index (χ4n) is 2.85. The molecule has 0 saturated carbocycles. The molecule has 4 heteroatoms. The number of allylic oxidation sites excluding steroid dienone is 1. The maximum Gasteiger partial charge on any atom is 0.234 e. The van der Waals surface area contributed by atoms with Crippen LogP contribution in [0.15, 0.2) is 35.9 Å². The Morgan fingerprint density at radius 2 is 2.00 bits per heavy atom. The standard InChI is InChI=1S/C19H27FN2O/c1-22(14-12-17-7-9-18(20)10-8-17)15-19(23)21-13-11-16-5-3-2-4-6-16/h5,7-10H,2-4,6,11-15H2,1H3,(H,21,23). The lowest BCUT2D eigenvalue weighted by molar-refractivity contribution is -0.121. The highest BCUT2D eigenvalue weighted by molar-refractivity contribution is 5.77. The molecule has 1 aliphatic rings. The first-order chi connectivity index (χ1) is 11.1. The minimum Gasteiger partial charge on any atom is -0.355 e. The van der Waals surface area contributed by atoms with Gasteiger partial charge in [0.25, 0.3) is 0 Å². The van der Waals surface area contributed by atoms with Crippen LogP contribution in [0.1, 0.15) is 37.7 Å². The van der Waals surface area contributed by atoms with Crippen LogP contribution in [0.3, 0.4) is 0 Å². The number of benzene rings is 1. The van der Waals surface area contributed by atoms with E-state index in [2.05, 4.69) is 11.4 Å². The molecular weight excluding hydrogens is 291 g/mol. The molecule has 2 rings (SSSR count). The van der Waals surface area contributed by atoms with Gasteiger partial charge >= 0.3 is 0 Å². The zero-order valence-electron chi connectivity index (χ0n) is 14.0. The highest BCUT2D eigenvalue weighted by Gasteiger charge is 2.08. The molecule has 0 unspecified atom stereocenters. The van der Waals surface area contributed by atoms with Crippen molar-refractivity contribution in [3.63, 3.8) is 0 Å². The molecular formula is C19H27FN2O. The number of nitrogens with one attached hydrogen (secondary N) is 1. The summed E-state index contributed by atoms with van der Waals surface area (Å²) in [4.78, 5) is 13.9. The van der Waals surface area contributed by atoms with Crippen molar-refractivity contribution in [1.82, 2.24) is 10.2 Å². The van der Waals surface area contributed by atoms with E-state index in [1.54, 1.807) is 12.1 Å². The van der Waals surface area contributed by atoms with Gasteiger partial charge in [0.05, 0.1) is 6.54 Å². The molecule has 126 valence electrons. The van der Waals surface area contributed by atoms with Crippen LogP contribution >= 0.6 is 0 Å². The van der Waals surface area contributed by atoms with Gasteiger partial charge in [-0.15, -0.1) is 0 Å². The highest BCUT2D eigenvalue weighted by atomic mass is 19.1. The molecule has 1 aromatic rings. The van der Waals surface area contributed by atoms with Crippen molar-refractivity contribution in [1.29, 1.82) is 0 Å². The third kappa shape index (κ3) is 6.95. The van der Waals surface area contributed by atoms with Crippen molar-refractivity contribution in [3.05, 3.63) is 47.3 Å². The van der Waals surface area contributed by atoms with E-state index >= 15 is 0 Å². The van der Waals surface area contributed by atoms with E-state index in [9.17, 15) is 9.18 Å². The number of halogens is 1. The average molecular weight is 318 g/mol. The van der Waals surface area contributed by atoms with E-state index in [0.29, 0.717) is 6.54 Å². The molecule has 0 bridgehead atoms. The second-order valence-electron chi connectivity index (χ2n) is 6.32. The number of rotatable bonds is 8. The molecule has 0 fully saturated rings. The van der Waals surface area contributed by atoms with E-state index < -0.39 is 0 Å². The molecule has 0 saturated heterocycles. The lowest BCUT2D eigenvalue weighted by Gasteiger charge is -2.17. The zero-order valence-corrected chi connectivity index (χ0v) is 14.0. The van der Waals surface area contributed by atoms with Crippen LogP contribution in [-0.2, 0) is 11.2 Å². The maximum atomic E-state index is 12.8. The second kappa shape index (κ2) is 9.46. The Labute approximate surface area is 138 Å². The monoisotopic (exact) mass is 318 g/mol. The van der Waals surface area contributed by atoms with Gasteiger partial charge in [0.2, 0.25) is 5.91 Å². The van der Waals surface area contributed by atoms with Gasteiger partial charge < -0.3 is 5.32 Å². The summed E-state index contributed by atoms with van der Waals surface area (Å²) in [6.45, 7) is 1.92. The molecule has 0 heterocycles. The number of likely N-dealkylation sites (N-methyl/N-ethyl adjacent to an activating group) is 1. The van der Waals surface area contributed by atoms with Crippen molar-refractivity contribution >= 4 is 5.91 Å². The van der Waals surface area contributed by atoms with Crippen molar-refractivity contribution in [2.24, 2.45) is 0 Å². The Bertz CT molecular complexity index is 525. The number of carbonyl (C=O) groups excluding carboxylic acids is 1. The van der Waals surface area contributed by atoms with Crippen LogP contribution < -0.4 is 5.32 Å². The normalized spacial score (nSPS) is 14.7. The van der Waals surface area contributed by atoms with E-state index in [-0.39, 0.29) is 11.7 Å². The quantitative estimate of drug-likeness (QED) is 0.746. The Balaban J connectivity index is 1.60. The van der Waals surface area contributed by atoms with E-state index in [0.717, 1.165) is 31.5 Å². The van der Waals surface area contributed by atoms with Crippen molar-refractivity contribution in [2.45, 2.75) is 38.5 Å². The first kappa shape index (κ1) is 17.7. The third-order valence-corrected chi connectivity index (χ3v) is 4.26. The molecule has 23 heavy (non-hydrogen) atoms. The minimum absolute atomic E-state index is 0.0722. The molecule has 0 aliphatic heterocycles. The summed E-state index contributed by atoms with van der Waals surface area (Å²) in [6.07, 6.45) is 9.08. The summed E-state index contributed by atoms with van der Waals surface area (Å²) in [6, 6.07) is 6.53. The molecule has 0 aromatic heterocycles. The van der Waals surface area contributed by atoms with E-state index in [1.165, 1.54) is 43.4 Å². The molecule has 3 nitrogen and oxygen atoms in total. The average Bonchev–Trinajstić information content (AvgIpc) is 2.55. The largest absolute Gasteiger partial charge is 0.355 e. The molecule has 1 aromatic carbocycles. The lowest BCUT2D eigenvalue weighted by Crippen LogP contribution is -2.36. The SMILES string of the molecule is CN(CCc1ccc(F)cc1)CC(=O)NCCC1=CCCCC1. The summed E-state index contributed by atoms with van der Waals surface area (Å²) in [5.74, 6) is -0.141. The van der Waals surface area contributed by atoms with E-state index in [4.69, 9.17) is 0 Å². The number of nitrogens with zero attached hydrogens (tertiary/aromatic N) is 1. The number of hydrogen-bond acceptors (Lipinski definition) is 2. The maximum absolute atomic E-state index is 12.8. The van der Waals surface area contributed by atoms with Gasteiger partial charge in [0, 0.05) is 13.1 Å². The number of amides is 1. The first-order valence-electron chi connectivity index (χ1n) is 8.51. The Hall–Kier alpha value is -1.68. The Morgan fingerprint density at radius 3 is 2.70 bits per heavy atom. The minimum atomic E-state index is -0.213. The fourth-order valence-corrected chi connectivity index (χ4v) is 2.85. The van der Waals surface area contributed by atoms with Crippen LogP contribution in [0.25, 0.3) is 0 Å². The van der Waals surface area contributed by atoms with Crippen LogP contribution in [0.4, 0.5) is 4.39 Å². The molecule has 1 N–H and O–H groups in total. The first-order valence-corrected chi connectivity index (χ1v) is 8.51. The summed E-state index contributed by atoms with van der Waals surface area (Å²) < 4.78 is 12.8. The van der Waals surface area contributed by atoms with Crippen LogP contribution in [0.2, 0.25) is 0 Å². The lowest BCUT2D eigenvalue weighted by atomic mass is 9.97. The van der Waals surface area contributed by atoms with Crippen LogP contribution in [-0.4, -0.2) is 37.5 Å². The number of carbonyl (C=O) groups is 1. The van der Waals surface area contributed by atoms with Gasteiger partial charge in [0.1, 0.15) is 5.82 Å². The zero-order chi connectivity index (χ0) is 16.5. The third-order valence-electron chi connectivity index (χ3n) is 4.26. The fraction of sp³-hybridized carbons (Fsp3) is 0.526. The predicted molar refractivity (Wildman–Crippen MR) is 91.8 cm³/mol. The van der Waals surface area contributed by atoms with Crippen molar-refractivity contribution < 1.29 is 9.18 Å². The van der Waals surface area contributed by atoms with Crippen molar-refractivity contribution in [3.8, 4) is 0 Å². The molecule has 0 atom stereocenters. The van der Waals surface area contributed by atoms with Gasteiger partial charge in [-0.3, -0.25) is 9.69 Å². The molecule has 1 aliphatic carbocycles. The van der Waals surface area contributed by atoms with Gasteiger partial charge in [-0.25, -0.2) is 4.39 Å². The summed E-state index contributed by atoms with van der Waals surface area (Å²) >= 11 is 0. The molecule has 0 radical (unpaired) electrons. The van der Waals surface area contributed by atoms with E-state index in [1.807, 2.05) is 11.9 Å². The van der Waals surface area contributed by atoms with Gasteiger partial charge in [-0.05, 0) is 63.3 Å². The van der Waals surface area contributed by atoms with Crippen molar-refractivity contribution in [2.75, 3.05) is 26.7 Å². The summed E-state index contributed by atoms with van der Waals surface area (Å²) in [5.41, 5.74) is 2.57. The molecule has 0 spiro atoms. The van der Waals surface area contributed by atoms with Crippen LogP contribution in [0, 0.1) is 5.82 Å².